The molecule has 1 aliphatic carbocycles. The topological polar surface area (TPSA) is 75.4 Å². The van der Waals surface area contributed by atoms with Crippen LogP contribution in [0.2, 0.25) is 5.02 Å². The average molecular weight is 486 g/mol. The van der Waals surface area contributed by atoms with Gasteiger partial charge >= 0.3 is 6.18 Å². The minimum atomic E-state index is -4.41. The van der Waals surface area contributed by atoms with Gasteiger partial charge in [0.15, 0.2) is 0 Å². The molecule has 2 atom stereocenters. The van der Waals surface area contributed by atoms with Crippen LogP contribution < -0.4 is 5.56 Å². The van der Waals surface area contributed by atoms with Crippen molar-refractivity contribution < 1.29 is 23.1 Å². The Morgan fingerprint density at radius 2 is 1.97 bits per heavy atom. The van der Waals surface area contributed by atoms with Gasteiger partial charge in [-0.3, -0.25) is 14.2 Å². The van der Waals surface area contributed by atoms with Crippen molar-refractivity contribution >= 4 is 28.4 Å². The van der Waals surface area contributed by atoms with Gasteiger partial charge in [-0.1, -0.05) is 31.4 Å². The maximum absolute atomic E-state index is 13.1. The van der Waals surface area contributed by atoms with E-state index < -0.39 is 35.4 Å². The number of fused-ring (bicyclic) bond motifs is 1. The van der Waals surface area contributed by atoms with E-state index in [0.29, 0.717) is 28.8 Å². The molecule has 0 bridgehead atoms. The fourth-order valence-electron chi connectivity index (χ4n) is 5.56. The number of likely N-dealkylation sites (tertiary alicyclic amines) is 1. The van der Waals surface area contributed by atoms with E-state index in [1.807, 2.05) is 0 Å². The Bertz CT molecular complexity index is 1110. The van der Waals surface area contributed by atoms with E-state index in [2.05, 4.69) is 4.98 Å². The number of alkyl halides is 3. The molecule has 0 radical (unpaired) electrons. The van der Waals surface area contributed by atoms with Crippen LogP contribution in [-0.4, -0.2) is 50.3 Å². The summed E-state index contributed by atoms with van der Waals surface area (Å²) in [5.41, 5.74) is -1.78. The van der Waals surface area contributed by atoms with Crippen molar-refractivity contribution in [1.29, 1.82) is 0 Å². The Labute approximate surface area is 194 Å². The lowest BCUT2D eigenvalue weighted by molar-refractivity contribution is -0.172. The number of amides is 1. The standard InChI is InChI=1S/C23H27ClF3N3O3/c1-15(11-23(25,26)27)19(31)29-9-8-22(33,21(12-29)6-2-3-7-21)13-30-14-28-18-5-4-16(24)10-17(18)20(30)32/h4-5,10,14-15,33H,2-3,6-9,11-13H2,1H3. The van der Waals surface area contributed by atoms with Crippen LogP contribution in [-0.2, 0) is 11.3 Å². The van der Waals surface area contributed by atoms with Crippen molar-refractivity contribution in [2.45, 2.75) is 63.8 Å². The van der Waals surface area contributed by atoms with Crippen molar-refractivity contribution in [3.05, 3.63) is 39.9 Å². The van der Waals surface area contributed by atoms with Gasteiger partial charge in [0.1, 0.15) is 0 Å². The molecule has 1 aromatic carbocycles. The summed E-state index contributed by atoms with van der Waals surface area (Å²) in [4.78, 5) is 31.6. The lowest BCUT2D eigenvalue weighted by atomic mass is 9.65. The Hall–Kier alpha value is -2.13. The fourth-order valence-corrected chi connectivity index (χ4v) is 5.73. The molecule has 1 amide bonds. The molecule has 1 N–H and O–H groups in total. The van der Waals surface area contributed by atoms with E-state index in [9.17, 15) is 27.9 Å². The van der Waals surface area contributed by atoms with E-state index in [-0.39, 0.29) is 31.6 Å². The zero-order valence-electron chi connectivity index (χ0n) is 18.4. The van der Waals surface area contributed by atoms with E-state index in [1.165, 1.54) is 22.7 Å². The number of rotatable bonds is 4. The quantitative estimate of drug-likeness (QED) is 0.705. The minimum Gasteiger partial charge on any atom is -0.387 e. The fraction of sp³-hybridized carbons (Fsp3) is 0.609. The first kappa shape index (κ1) is 24.0. The highest BCUT2D eigenvalue weighted by atomic mass is 35.5. The number of piperidine rings is 1. The molecule has 2 aliphatic rings. The third kappa shape index (κ3) is 4.62. The van der Waals surface area contributed by atoms with Crippen molar-refractivity contribution in [3.8, 4) is 0 Å². The molecule has 10 heteroatoms. The first-order chi connectivity index (χ1) is 15.4. The molecule has 2 unspecified atom stereocenters. The number of halogens is 4. The zero-order valence-corrected chi connectivity index (χ0v) is 19.1. The third-order valence-corrected chi connectivity index (χ3v) is 7.56. The van der Waals surface area contributed by atoms with Crippen LogP contribution in [0.15, 0.2) is 29.3 Å². The van der Waals surface area contributed by atoms with E-state index >= 15 is 0 Å². The highest BCUT2D eigenvalue weighted by Crippen LogP contribution is 2.51. The van der Waals surface area contributed by atoms with Crippen LogP contribution in [0.5, 0.6) is 0 Å². The molecular weight excluding hydrogens is 459 g/mol. The predicted molar refractivity (Wildman–Crippen MR) is 118 cm³/mol. The monoisotopic (exact) mass is 485 g/mol. The number of carbonyl (C=O) groups excluding carboxylic acids is 1. The average Bonchev–Trinajstić information content (AvgIpc) is 3.21. The molecule has 2 heterocycles. The number of hydrogen-bond acceptors (Lipinski definition) is 4. The van der Waals surface area contributed by atoms with Crippen molar-refractivity contribution in [2.24, 2.45) is 11.3 Å². The smallest absolute Gasteiger partial charge is 0.387 e. The molecule has 1 aliphatic heterocycles. The second-order valence-corrected chi connectivity index (χ2v) is 10.0. The van der Waals surface area contributed by atoms with Crippen molar-refractivity contribution in [1.82, 2.24) is 14.5 Å². The summed E-state index contributed by atoms with van der Waals surface area (Å²) in [6, 6.07) is 4.85. The van der Waals surface area contributed by atoms with Gasteiger partial charge in [0.25, 0.3) is 5.56 Å². The molecule has 2 fully saturated rings. The van der Waals surface area contributed by atoms with E-state index in [4.69, 9.17) is 11.6 Å². The maximum atomic E-state index is 13.1. The number of aromatic nitrogens is 2. The van der Waals surface area contributed by atoms with Crippen molar-refractivity contribution in [3.63, 3.8) is 0 Å². The Morgan fingerprint density at radius 1 is 1.27 bits per heavy atom. The largest absolute Gasteiger partial charge is 0.389 e. The molecule has 33 heavy (non-hydrogen) atoms. The zero-order chi connectivity index (χ0) is 24.0. The van der Waals surface area contributed by atoms with Crippen LogP contribution in [0.25, 0.3) is 10.9 Å². The van der Waals surface area contributed by atoms with Crippen LogP contribution >= 0.6 is 11.6 Å². The van der Waals surface area contributed by atoms with Crippen LogP contribution in [0.3, 0.4) is 0 Å². The highest BCUT2D eigenvalue weighted by Gasteiger charge is 2.56. The van der Waals surface area contributed by atoms with Gasteiger partial charge in [-0.2, -0.15) is 13.2 Å². The summed E-state index contributed by atoms with van der Waals surface area (Å²) in [6.07, 6.45) is -1.01. The molecule has 1 spiro atoms. The Balaban J connectivity index is 1.61. The number of carbonyl (C=O) groups is 1. The predicted octanol–water partition coefficient (Wildman–Crippen LogP) is 4.16. The second kappa shape index (κ2) is 8.58. The van der Waals surface area contributed by atoms with Gasteiger partial charge in [-0.15, -0.1) is 0 Å². The van der Waals surface area contributed by atoms with Crippen LogP contribution in [0.1, 0.15) is 45.4 Å². The van der Waals surface area contributed by atoms with Gasteiger partial charge in [0, 0.05) is 29.4 Å². The van der Waals surface area contributed by atoms with Gasteiger partial charge in [-0.25, -0.2) is 4.98 Å². The number of hydrogen-bond donors (Lipinski definition) is 1. The van der Waals surface area contributed by atoms with Gasteiger partial charge in [0.2, 0.25) is 5.91 Å². The SMILES string of the molecule is CC(CC(F)(F)F)C(=O)N1CCC(O)(Cn2cnc3ccc(Cl)cc3c2=O)C2(CCCC2)C1. The number of aliphatic hydroxyl groups is 1. The molecular formula is C23H27ClF3N3O3. The molecule has 1 saturated heterocycles. The molecule has 6 nitrogen and oxygen atoms in total. The summed E-state index contributed by atoms with van der Waals surface area (Å²) < 4.78 is 39.8. The minimum absolute atomic E-state index is 0.00141. The highest BCUT2D eigenvalue weighted by molar-refractivity contribution is 6.31. The van der Waals surface area contributed by atoms with E-state index in [1.54, 1.807) is 18.2 Å². The summed E-state index contributed by atoms with van der Waals surface area (Å²) >= 11 is 6.04. The number of nitrogens with zero attached hydrogens (tertiary/aromatic N) is 3. The van der Waals surface area contributed by atoms with Crippen LogP contribution in [0.4, 0.5) is 13.2 Å². The van der Waals surface area contributed by atoms with Crippen molar-refractivity contribution in [2.75, 3.05) is 13.1 Å². The lowest BCUT2D eigenvalue weighted by Gasteiger charge is -2.52. The summed E-state index contributed by atoms with van der Waals surface area (Å²) in [7, 11) is 0. The third-order valence-electron chi connectivity index (χ3n) is 7.33. The first-order valence-electron chi connectivity index (χ1n) is 11.2. The van der Waals surface area contributed by atoms with E-state index in [0.717, 1.165) is 12.8 Å². The molecule has 180 valence electrons. The van der Waals surface area contributed by atoms with Gasteiger partial charge in [-0.05, 0) is 37.5 Å². The van der Waals surface area contributed by atoms with Gasteiger partial charge in [0.05, 0.1) is 35.8 Å². The molecule has 1 saturated carbocycles. The Morgan fingerprint density at radius 3 is 2.64 bits per heavy atom. The summed E-state index contributed by atoms with van der Waals surface area (Å²) in [5, 5.41) is 12.6. The lowest BCUT2D eigenvalue weighted by Crippen LogP contribution is -2.62. The molecule has 2 aromatic rings. The summed E-state index contributed by atoms with van der Waals surface area (Å²) in [6.45, 7) is 1.62. The normalized spacial score (nSPS) is 23.9. The number of benzene rings is 1. The molecule has 1 aromatic heterocycles. The molecule has 4 rings (SSSR count). The first-order valence-corrected chi connectivity index (χ1v) is 11.5. The summed E-state index contributed by atoms with van der Waals surface area (Å²) in [5.74, 6) is -1.72. The second-order valence-electron chi connectivity index (χ2n) is 9.59. The van der Waals surface area contributed by atoms with Crippen LogP contribution in [0, 0.1) is 11.3 Å². The van der Waals surface area contributed by atoms with Gasteiger partial charge < -0.3 is 10.0 Å². The maximum Gasteiger partial charge on any atom is 0.389 e. The Kier molecular flexibility index (Phi) is 6.24.